The highest BCUT2D eigenvalue weighted by molar-refractivity contribution is 6.00. The summed E-state index contributed by atoms with van der Waals surface area (Å²) in [5.41, 5.74) is 0.850. The molecule has 3 amide bonds. The lowest BCUT2D eigenvalue weighted by atomic mass is 9.91. The van der Waals surface area contributed by atoms with Crippen molar-refractivity contribution in [2.75, 3.05) is 31.1 Å². The number of rotatable bonds is 3. The zero-order chi connectivity index (χ0) is 20.4. The van der Waals surface area contributed by atoms with Crippen LogP contribution in [0.5, 0.6) is 0 Å². The molecule has 4 rings (SSSR count). The van der Waals surface area contributed by atoms with Crippen LogP contribution in [0.25, 0.3) is 0 Å². The molecule has 0 bridgehead atoms. The minimum atomic E-state index is -0.301. The highest BCUT2D eigenvalue weighted by Gasteiger charge is 2.31. The van der Waals surface area contributed by atoms with Gasteiger partial charge < -0.3 is 9.80 Å². The highest BCUT2D eigenvalue weighted by Crippen LogP contribution is 2.28. The smallest absolute Gasteiger partial charge is 0.234 e. The number of piperidine rings is 3. The van der Waals surface area contributed by atoms with Crippen molar-refractivity contribution in [2.45, 2.75) is 51.4 Å². The molecule has 0 aromatic carbocycles. The van der Waals surface area contributed by atoms with Crippen LogP contribution in [-0.2, 0) is 14.4 Å². The molecule has 7 nitrogen and oxygen atoms in total. The van der Waals surface area contributed by atoms with E-state index in [9.17, 15) is 14.4 Å². The summed E-state index contributed by atoms with van der Waals surface area (Å²) in [6.45, 7) is 5.72. The molecular weight excluding hydrogens is 368 g/mol. The maximum Gasteiger partial charge on any atom is 0.234 e. The molecular formula is C22H30N4O3. The van der Waals surface area contributed by atoms with E-state index in [1.165, 1.54) is 0 Å². The zero-order valence-electron chi connectivity index (χ0n) is 17.1. The van der Waals surface area contributed by atoms with Crippen molar-refractivity contribution in [2.24, 2.45) is 11.8 Å². The molecule has 3 aliphatic heterocycles. The second kappa shape index (κ2) is 8.51. The molecule has 3 fully saturated rings. The molecule has 1 unspecified atom stereocenters. The Labute approximate surface area is 171 Å². The monoisotopic (exact) mass is 398 g/mol. The lowest BCUT2D eigenvalue weighted by Gasteiger charge is -2.37. The summed E-state index contributed by atoms with van der Waals surface area (Å²) in [7, 11) is 0. The molecule has 156 valence electrons. The Kier molecular flexibility index (Phi) is 5.83. The van der Waals surface area contributed by atoms with Gasteiger partial charge in [-0.05, 0) is 49.7 Å². The predicted molar refractivity (Wildman–Crippen MR) is 109 cm³/mol. The van der Waals surface area contributed by atoms with E-state index in [0.29, 0.717) is 18.7 Å². The lowest BCUT2D eigenvalue weighted by Crippen LogP contribution is -2.45. The van der Waals surface area contributed by atoms with Gasteiger partial charge in [-0.3, -0.25) is 19.7 Å². The molecule has 4 heterocycles. The van der Waals surface area contributed by atoms with E-state index in [1.54, 1.807) is 6.20 Å². The molecule has 1 N–H and O–H groups in total. The summed E-state index contributed by atoms with van der Waals surface area (Å²) in [4.78, 5) is 45.0. The Morgan fingerprint density at radius 2 is 1.76 bits per heavy atom. The van der Waals surface area contributed by atoms with E-state index in [2.05, 4.69) is 27.0 Å². The number of anilines is 1. The van der Waals surface area contributed by atoms with E-state index in [4.69, 9.17) is 0 Å². The van der Waals surface area contributed by atoms with Gasteiger partial charge in [-0.25, -0.2) is 4.98 Å². The van der Waals surface area contributed by atoms with Crippen LogP contribution in [0.2, 0.25) is 0 Å². The van der Waals surface area contributed by atoms with Gasteiger partial charge in [-0.15, -0.1) is 0 Å². The molecule has 0 aliphatic carbocycles. The fourth-order valence-electron chi connectivity index (χ4n) is 4.64. The average Bonchev–Trinajstić information content (AvgIpc) is 2.74. The van der Waals surface area contributed by atoms with E-state index in [1.807, 2.05) is 12.1 Å². The number of likely N-dealkylation sites (tertiary alicyclic amines) is 1. The molecule has 7 heteroatoms. The Morgan fingerprint density at radius 3 is 2.38 bits per heavy atom. The topological polar surface area (TPSA) is 82.6 Å². The number of carbonyl (C=O) groups excluding carboxylic acids is 3. The molecule has 1 aromatic heterocycles. The highest BCUT2D eigenvalue weighted by atomic mass is 16.2. The predicted octanol–water partition coefficient (Wildman–Crippen LogP) is 2.08. The van der Waals surface area contributed by atoms with Crippen LogP contribution in [0.1, 0.15) is 56.9 Å². The number of amides is 3. The van der Waals surface area contributed by atoms with Crippen LogP contribution in [0.3, 0.4) is 0 Å². The maximum atomic E-state index is 12.8. The largest absolute Gasteiger partial charge is 0.357 e. The quantitative estimate of drug-likeness (QED) is 0.789. The fourth-order valence-corrected chi connectivity index (χ4v) is 4.64. The number of imide groups is 1. The Morgan fingerprint density at radius 1 is 1.03 bits per heavy atom. The number of aromatic nitrogens is 1. The van der Waals surface area contributed by atoms with Crippen molar-refractivity contribution in [3.63, 3.8) is 0 Å². The molecule has 3 aliphatic rings. The number of nitrogens with one attached hydrogen (secondary N) is 1. The van der Waals surface area contributed by atoms with Crippen LogP contribution in [0.4, 0.5) is 5.82 Å². The first-order chi connectivity index (χ1) is 14.0. The van der Waals surface area contributed by atoms with E-state index >= 15 is 0 Å². The van der Waals surface area contributed by atoms with E-state index in [0.717, 1.165) is 69.2 Å². The summed E-state index contributed by atoms with van der Waals surface area (Å²) in [6.07, 6.45) is 6.62. The van der Waals surface area contributed by atoms with Crippen LogP contribution in [0.15, 0.2) is 18.3 Å². The van der Waals surface area contributed by atoms with Crippen molar-refractivity contribution in [3.05, 3.63) is 23.9 Å². The number of pyridine rings is 1. The Hall–Kier alpha value is -2.44. The van der Waals surface area contributed by atoms with Crippen LogP contribution in [-0.4, -0.2) is 53.8 Å². The summed E-state index contributed by atoms with van der Waals surface area (Å²) in [5, 5.41) is 2.40. The van der Waals surface area contributed by atoms with Crippen molar-refractivity contribution in [1.82, 2.24) is 15.2 Å². The molecule has 3 saturated heterocycles. The van der Waals surface area contributed by atoms with Crippen molar-refractivity contribution < 1.29 is 14.4 Å². The third-order valence-corrected chi connectivity index (χ3v) is 6.68. The molecule has 1 aromatic rings. The Bertz CT molecular complexity index is 763. The molecule has 0 saturated carbocycles. The molecule has 0 radical (unpaired) electrons. The first-order valence-electron chi connectivity index (χ1n) is 10.8. The Balaban J connectivity index is 1.31. The number of nitrogens with zero attached hydrogens (tertiary/aromatic N) is 3. The van der Waals surface area contributed by atoms with Crippen molar-refractivity contribution in [3.8, 4) is 0 Å². The molecule has 0 spiro atoms. The van der Waals surface area contributed by atoms with E-state index in [-0.39, 0.29) is 23.7 Å². The van der Waals surface area contributed by atoms with Gasteiger partial charge in [-0.2, -0.15) is 0 Å². The SMILES string of the molecule is CC1CCN(C(=O)C2CCN(c3ccc(C4CCC(=O)NC4=O)cn3)CC2)CC1. The van der Waals surface area contributed by atoms with Gasteiger partial charge in [0, 0.05) is 44.7 Å². The number of carbonyl (C=O) groups is 3. The van der Waals surface area contributed by atoms with Gasteiger partial charge >= 0.3 is 0 Å². The number of hydrogen-bond acceptors (Lipinski definition) is 5. The van der Waals surface area contributed by atoms with Gasteiger partial charge in [0.25, 0.3) is 0 Å². The van der Waals surface area contributed by atoms with Crippen molar-refractivity contribution >= 4 is 23.5 Å². The van der Waals surface area contributed by atoms with Gasteiger partial charge in [0.1, 0.15) is 5.82 Å². The standard InChI is InChI=1S/C22H30N4O3/c1-15-6-10-26(11-7-15)22(29)16-8-12-25(13-9-16)19-4-2-17(14-23-19)18-3-5-20(27)24-21(18)28/h2,4,14-16,18H,3,5-13H2,1H3,(H,24,27,28). The minimum Gasteiger partial charge on any atom is -0.357 e. The summed E-state index contributed by atoms with van der Waals surface area (Å²) in [6, 6.07) is 3.89. The van der Waals surface area contributed by atoms with E-state index < -0.39 is 0 Å². The van der Waals surface area contributed by atoms with Crippen LogP contribution >= 0.6 is 0 Å². The van der Waals surface area contributed by atoms with Gasteiger partial charge in [-0.1, -0.05) is 13.0 Å². The van der Waals surface area contributed by atoms with Crippen LogP contribution in [0, 0.1) is 11.8 Å². The second-order valence-corrected chi connectivity index (χ2v) is 8.72. The summed E-state index contributed by atoms with van der Waals surface area (Å²) >= 11 is 0. The maximum absolute atomic E-state index is 12.8. The third-order valence-electron chi connectivity index (χ3n) is 6.68. The lowest BCUT2D eigenvalue weighted by molar-refractivity contribution is -0.137. The molecule has 29 heavy (non-hydrogen) atoms. The summed E-state index contributed by atoms with van der Waals surface area (Å²) < 4.78 is 0. The molecule has 1 atom stereocenters. The summed E-state index contributed by atoms with van der Waals surface area (Å²) in [5.74, 6) is 1.34. The van der Waals surface area contributed by atoms with Gasteiger partial charge in [0.05, 0.1) is 5.92 Å². The van der Waals surface area contributed by atoms with Gasteiger partial charge in [0.2, 0.25) is 17.7 Å². The first-order valence-corrected chi connectivity index (χ1v) is 10.8. The normalized spacial score (nSPS) is 24.5. The second-order valence-electron chi connectivity index (χ2n) is 8.72. The zero-order valence-corrected chi connectivity index (χ0v) is 17.1. The number of hydrogen-bond donors (Lipinski definition) is 1. The van der Waals surface area contributed by atoms with Crippen molar-refractivity contribution in [1.29, 1.82) is 0 Å². The minimum absolute atomic E-state index is 0.127. The first kappa shape index (κ1) is 19.9. The fraction of sp³-hybridized carbons (Fsp3) is 0.636. The average molecular weight is 399 g/mol. The third kappa shape index (κ3) is 4.43. The van der Waals surface area contributed by atoms with Gasteiger partial charge in [0.15, 0.2) is 0 Å². The van der Waals surface area contributed by atoms with Crippen LogP contribution < -0.4 is 10.2 Å².